The summed E-state index contributed by atoms with van der Waals surface area (Å²) in [5, 5.41) is 8.82. The van der Waals surface area contributed by atoms with Crippen molar-refractivity contribution in [1.82, 2.24) is 0 Å². The lowest BCUT2D eigenvalue weighted by molar-refractivity contribution is -0.121. The van der Waals surface area contributed by atoms with E-state index in [9.17, 15) is 9.59 Å². The summed E-state index contributed by atoms with van der Waals surface area (Å²) in [6.07, 6.45) is 4.55. The Labute approximate surface area is 156 Å². The summed E-state index contributed by atoms with van der Waals surface area (Å²) in [6, 6.07) is 13.0. The van der Waals surface area contributed by atoms with E-state index in [1.165, 1.54) is 26.7 Å². The summed E-state index contributed by atoms with van der Waals surface area (Å²) in [4.78, 5) is 28.1. The molecule has 3 rings (SSSR count). The van der Waals surface area contributed by atoms with Crippen LogP contribution >= 0.6 is 11.3 Å². The van der Waals surface area contributed by atoms with Crippen LogP contribution in [0.3, 0.4) is 0 Å². The Balaban J connectivity index is 1.63. The van der Waals surface area contributed by atoms with Crippen molar-refractivity contribution in [2.75, 3.05) is 18.1 Å². The lowest BCUT2D eigenvalue weighted by Gasteiger charge is -2.21. The molecule has 0 saturated heterocycles. The number of benzene rings is 1. The van der Waals surface area contributed by atoms with E-state index in [2.05, 4.69) is 0 Å². The molecule has 0 fully saturated rings. The number of aryl methyl sites for hydroxylation is 2. The minimum absolute atomic E-state index is 0.215. The number of ether oxygens (including phenoxy) is 1. The van der Waals surface area contributed by atoms with Gasteiger partial charge in [-0.25, -0.2) is 4.79 Å². The standard InChI is InChI=1S/C20H20N2O3S/c21-11-6-12-22(16-8-2-1-3-9-16)19(23)14-25-20(24)18-13-15-7-4-5-10-17(15)26-18/h1-3,8-9,13H,4-7,10,12,14H2. The van der Waals surface area contributed by atoms with Crippen LogP contribution in [0.15, 0.2) is 36.4 Å². The molecule has 1 aromatic carbocycles. The molecule has 134 valence electrons. The number of para-hydroxylation sites is 1. The van der Waals surface area contributed by atoms with Gasteiger partial charge in [0.25, 0.3) is 5.91 Å². The van der Waals surface area contributed by atoms with E-state index in [0.717, 1.165) is 25.7 Å². The molecule has 1 aromatic heterocycles. The molecule has 5 nitrogen and oxygen atoms in total. The third-order valence-electron chi connectivity index (χ3n) is 4.34. The van der Waals surface area contributed by atoms with Crippen molar-refractivity contribution in [3.63, 3.8) is 0 Å². The molecular weight excluding hydrogens is 348 g/mol. The molecule has 0 radical (unpaired) electrons. The highest BCUT2D eigenvalue weighted by Gasteiger charge is 2.21. The van der Waals surface area contributed by atoms with Gasteiger partial charge in [-0.05, 0) is 49.4 Å². The largest absolute Gasteiger partial charge is 0.451 e. The molecule has 0 N–H and O–H groups in total. The summed E-state index contributed by atoms with van der Waals surface area (Å²) in [7, 11) is 0. The van der Waals surface area contributed by atoms with Crippen LogP contribution in [0, 0.1) is 11.3 Å². The van der Waals surface area contributed by atoms with Crippen molar-refractivity contribution in [2.45, 2.75) is 32.1 Å². The molecule has 0 bridgehead atoms. The molecule has 26 heavy (non-hydrogen) atoms. The van der Waals surface area contributed by atoms with E-state index in [1.807, 2.05) is 30.3 Å². The number of anilines is 1. The number of nitrogens with zero attached hydrogens (tertiary/aromatic N) is 2. The quantitative estimate of drug-likeness (QED) is 0.729. The number of rotatable bonds is 6. The monoisotopic (exact) mass is 368 g/mol. The molecule has 1 aliphatic rings. The van der Waals surface area contributed by atoms with Gasteiger partial charge in [-0.1, -0.05) is 18.2 Å². The number of esters is 1. The zero-order valence-electron chi connectivity index (χ0n) is 14.4. The van der Waals surface area contributed by atoms with Gasteiger partial charge in [-0.3, -0.25) is 4.79 Å². The van der Waals surface area contributed by atoms with Crippen LogP contribution in [0.1, 0.15) is 39.4 Å². The third-order valence-corrected chi connectivity index (χ3v) is 5.56. The van der Waals surface area contributed by atoms with Crippen LogP contribution in [-0.2, 0) is 22.4 Å². The Kier molecular flexibility index (Phi) is 6.03. The van der Waals surface area contributed by atoms with Crippen molar-refractivity contribution in [2.24, 2.45) is 0 Å². The Bertz CT molecular complexity index is 800. The summed E-state index contributed by atoms with van der Waals surface area (Å²) in [6.45, 7) is -0.0636. The molecule has 0 spiro atoms. The number of carbonyl (C=O) groups excluding carboxylic acids is 2. The number of amides is 1. The molecule has 0 aliphatic heterocycles. The number of hydrogen-bond donors (Lipinski definition) is 0. The highest BCUT2D eigenvalue weighted by Crippen LogP contribution is 2.30. The zero-order chi connectivity index (χ0) is 18.4. The van der Waals surface area contributed by atoms with E-state index in [0.29, 0.717) is 10.6 Å². The second-order valence-corrected chi connectivity index (χ2v) is 7.27. The van der Waals surface area contributed by atoms with Crippen molar-refractivity contribution < 1.29 is 14.3 Å². The average Bonchev–Trinajstić information content (AvgIpc) is 3.11. The summed E-state index contributed by atoms with van der Waals surface area (Å²) >= 11 is 1.47. The first-order chi connectivity index (χ1) is 12.7. The number of hydrogen-bond acceptors (Lipinski definition) is 5. The summed E-state index contributed by atoms with van der Waals surface area (Å²) in [5.74, 6) is -0.785. The van der Waals surface area contributed by atoms with Gasteiger partial charge in [-0.2, -0.15) is 5.26 Å². The van der Waals surface area contributed by atoms with E-state index < -0.39 is 5.97 Å². The minimum atomic E-state index is -0.453. The maximum absolute atomic E-state index is 12.5. The first kappa shape index (κ1) is 18.2. The molecule has 6 heteroatoms. The molecule has 2 aromatic rings. The fourth-order valence-electron chi connectivity index (χ4n) is 3.04. The Morgan fingerprint density at radius 1 is 1.19 bits per heavy atom. The van der Waals surface area contributed by atoms with Gasteiger partial charge in [-0.15, -0.1) is 11.3 Å². The van der Waals surface area contributed by atoms with Gasteiger partial charge in [0.05, 0.1) is 12.5 Å². The Morgan fingerprint density at radius 3 is 2.69 bits per heavy atom. The molecule has 1 aliphatic carbocycles. The lowest BCUT2D eigenvalue weighted by Crippen LogP contribution is -2.35. The van der Waals surface area contributed by atoms with E-state index >= 15 is 0 Å². The molecular formula is C20H20N2O3S. The van der Waals surface area contributed by atoms with Crippen molar-refractivity contribution in [1.29, 1.82) is 5.26 Å². The highest BCUT2D eigenvalue weighted by molar-refractivity contribution is 7.14. The smallest absolute Gasteiger partial charge is 0.348 e. The van der Waals surface area contributed by atoms with Crippen LogP contribution < -0.4 is 4.90 Å². The van der Waals surface area contributed by atoms with Gasteiger partial charge in [0, 0.05) is 17.1 Å². The third kappa shape index (κ3) is 4.30. The van der Waals surface area contributed by atoms with Crippen LogP contribution in [0.4, 0.5) is 5.69 Å². The normalized spacial score (nSPS) is 12.7. The van der Waals surface area contributed by atoms with E-state index in [4.69, 9.17) is 10.00 Å². The van der Waals surface area contributed by atoms with Crippen molar-refractivity contribution >= 4 is 28.9 Å². The molecule has 1 amide bonds. The van der Waals surface area contributed by atoms with Gasteiger partial charge in [0.15, 0.2) is 6.61 Å². The van der Waals surface area contributed by atoms with Crippen molar-refractivity contribution in [3.05, 3.63) is 51.7 Å². The fourth-order valence-corrected chi connectivity index (χ4v) is 4.18. The first-order valence-electron chi connectivity index (χ1n) is 8.70. The van der Waals surface area contributed by atoms with Gasteiger partial charge in [0.1, 0.15) is 4.88 Å². The minimum Gasteiger partial charge on any atom is -0.451 e. The van der Waals surface area contributed by atoms with Crippen LogP contribution in [0.2, 0.25) is 0 Å². The molecule has 0 unspecified atom stereocenters. The maximum atomic E-state index is 12.5. The van der Waals surface area contributed by atoms with Gasteiger partial charge in [0.2, 0.25) is 0 Å². The lowest BCUT2D eigenvalue weighted by atomic mass is 9.99. The predicted octanol–water partition coefficient (Wildman–Crippen LogP) is 3.73. The first-order valence-corrected chi connectivity index (χ1v) is 9.52. The second kappa shape index (κ2) is 8.63. The molecule has 0 atom stereocenters. The van der Waals surface area contributed by atoms with Gasteiger partial charge >= 0.3 is 5.97 Å². The number of thiophene rings is 1. The SMILES string of the molecule is N#CCCN(C(=O)COC(=O)c1cc2c(s1)CCCC2)c1ccccc1. The summed E-state index contributed by atoms with van der Waals surface area (Å²) < 4.78 is 5.25. The average molecular weight is 368 g/mol. The summed E-state index contributed by atoms with van der Waals surface area (Å²) in [5.41, 5.74) is 1.93. The van der Waals surface area contributed by atoms with Gasteiger partial charge < -0.3 is 9.64 Å². The molecule has 1 heterocycles. The number of nitriles is 1. The Hall–Kier alpha value is -2.65. The van der Waals surface area contributed by atoms with Crippen LogP contribution in [0.5, 0.6) is 0 Å². The van der Waals surface area contributed by atoms with E-state index in [-0.39, 0.29) is 25.5 Å². The number of fused-ring (bicyclic) bond motifs is 1. The van der Waals surface area contributed by atoms with Crippen LogP contribution in [-0.4, -0.2) is 25.0 Å². The second-order valence-electron chi connectivity index (χ2n) is 6.13. The predicted molar refractivity (Wildman–Crippen MR) is 100 cm³/mol. The highest BCUT2D eigenvalue weighted by atomic mass is 32.1. The molecule has 0 saturated carbocycles. The zero-order valence-corrected chi connectivity index (χ0v) is 15.3. The topological polar surface area (TPSA) is 70.4 Å². The van der Waals surface area contributed by atoms with Crippen LogP contribution in [0.25, 0.3) is 0 Å². The Morgan fingerprint density at radius 2 is 1.96 bits per heavy atom. The fraction of sp³-hybridized carbons (Fsp3) is 0.350. The van der Waals surface area contributed by atoms with Crippen molar-refractivity contribution in [3.8, 4) is 6.07 Å². The number of carbonyl (C=O) groups is 2. The van der Waals surface area contributed by atoms with E-state index in [1.54, 1.807) is 12.1 Å². The maximum Gasteiger partial charge on any atom is 0.348 e.